The summed E-state index contributed by atoms with van der Waals surface area (Å²) in [6.07, 6.45) is 0. The minimum absolute atomic E-state index is 0.0289. The molecule has 0 bridgehead atoms. The van der Waals surface area contributed by atoms with Crippen LogP contribution in [0.5, 0.6) is 0 Å². The van der Waals surface area contributed by atoms with Gasteiger partial charge in [0.2, 0.25) is 5.91 Å². The average Bonchev–Trinajstić information content (AvgIpc) is 2.38. The summed E-state index contributed by atoms with van der Waals surface area (Å²) >= 11 is 0. The van der Waals surface area contributed by atoms with E-state index in [0.717, 1.165) is 6.07 Å². The Labute approximate surface area is 114 Å². The first-order valence-electron chi connectivity index (χ1n) is 5.65. The maximum Gasteiger partial charge on any atom is 0.280 e. The fourth-order valence-electron chi connectivity index (χ4n) is 1.45. The Morgan fingerprint density at radius 1 is 1.25 bits per heavy atom. The topological polar surface area (TPSA) is 119 Å². The van der Waals surface area contributed by atoms with Crippen molar-refractivity contribution in [3.63, 3.8) is 0 Å². The number of likely N-dealkylation sites (N-methyl/N-ethyl adjacent to an activating group) is 1. The van der Waals surface area contributed by atoms with Crippen molar-refractivity contribution < 1.29 is 14.6 Å². The molecule has 9 heteroatoms. The van der Waals surface area contributed by atoms with E-state index >= 15 is 0 Å². The molecule has 0 aliphatic carbocycles. The van der Waals surface area contributed by atoms with Gasteiger partial charge in [0.25, 0.3) is 11.4 Å². The van der Waals surface area contributed by atoms with Crippen LogP contribution in [0, 0.1) is 20.2 Å². The number of carbonyl (C=O) groups is 1. The van der Waals surface area contributed by atoms with Gasteiger partial charge in [-0.2, -0.15) is 0 Å². The third-order valence-corrected chi connectivity index (χ3v) is 2.57. The highest BCUT2D eigenvalue weighted by molar-refractivity contribution is 5.77. The standard InChI is InChI=1S/C11H14N4O5/c1-13(2)11(16)7-12-6-8-3-4-9(14(17)18)5-10(8)15(19)20/h3-5,12H,6-7H2,1-2H3. The molecular weight excluding hydrogens is 268 g/mol. The molecule has 0 saturated heterocycles. The number of carbonyl (C=O) groups excluding carboxylic acids is 1. The lowest BCUT2D eigenvalue weighted by molar-refractivity contribution is -0.394. The van der Waals surface area contributed by atoms with Gasteiger partial charge in [0.15, 0.2) is 0 Å². The van der Waals surface area contributed by atoms with E-state index in [4.69, 9.17) is 0 Å². The zero-order chi connectivity index (χ0) is 15.3. The van der Waals surface area contributed by atoms with Gasteiger partial charge in [-0.3, -0.25) is 25.0 Å². The van der Waals surface area contributed by atoms with Crippen molar-refractivity contribution in [2.24, 2.45) is 0 Å². The normalized spacial score (nSPS) is 10.1. The molecule has 0 unspecified atom stereocenters. The SMILES string of the molecule is CN(C)C(=O)CNCc1ccc([N+](=O)[O-])cc1[N+](=O)[O-]. The first kappa shape index (κ1) is 15.5. The van der Waals surface area contributed by atoms with Gasteiger partial charge in [-0.25, -0.2) is 0 Å². The molecule has 1 N–H and O–H groups in total. The van der Waals surface area contributed by atoms with Crippen molar-refractivity contribution in [1.82, 2.24) is 10.2 Å². The molecule has 1 rings (SSSR count). The van der Waals surface area contributed by atoms with Crippen LogP contribution in [0.15, 0.2) is 18.2 Å². The van der Waals surface area contributed by atoms with E-state index in [2.05, 4.69) is 5.32 Å². The van der Waals surface area contributed by atoms with Gasteiger partial charge in [-0.1, -0.05) is 0 Å². The molecule has 1 aromatic rings. The Kier molecular flexibility index (Phi) is 5.09. The van der Waals surface area contributed by atoms with Crippen LogP contribution in [0.4, 0.5) is 11.4 Å². The summed E-state index contributed by atoms with van der Waals surface area (Å²) in [7, 11) is 3.19. The van der Waals surface area contributed by atoms with E-state index in [9.17, 15) is 25.0 Å². The largest absolute Gasteiger partial charge is 0.348 e. The predicted octanol–water partition coefficient (Wildman–Crippen LogP) is 0.681. The maximum atomic E-state index is 11.3. The van der Waals surface area contributed by atoms with Crippen molar-refractivity contribution in [3.8, 4) is 0 Å². The Hall–Kier alpha value is -2.55. The zero-order valence-corrected chi connectivity index (χ0v) is 11.0. The van der Waals surface area contributed by atoms with Crippen molar-refractivity contribution in [3.05, 3.63) is 44.0 Å². The summed E-state index contributed by atoms with van der Waals surface area (Å²) in [6, 6.07) is 3.41. The number of non-ortho nitro benzene ring substituents is 1. The van der Waals surface area contributed by atoms with Crippen LogP contribution in [0.2, 0.25) is 0 Å². The number of rotatable bonds is 6. The lowest BCUT2D eigenvalue weighted by Crippen LogP contribution is -2.32. The van der Waals surface area contributed by atoms with E-state index < -0.39 is 9.85 Å². The van der Waals surface area contributed by atoms with Crippen molar-refractivity contribution >= 4 is 17.3 Å². The number of benzene rings is 1. The summed E-state index contributed by atoms with van der Waals surface area (Å²) < 4.78 is 0. The van der Waals surface area contributed by atoms with Gasteiger partial charge >= 0.3 is 0 Å². The molecule has 108 valence electrons. The van der Waals surface area contributed by atoms with E-state index in [1.165, 1.54) is 17.0 Å². The zero-order valence-electron chi connectivity index (χ0n) is 11.0. The summed E-state index contributed by atoms with van der Waals surface area (Å²) in [5, 5.41) is 24.2. The van der Waals surface area contributed by atoms with Crippen LogP contribution in [0.3, 0.4) is 0 Å². The molecule has 20 heavy (non-hydrogen) atoms. The predicted molar refractivity (Wildman–Crippen MR) is 70.2 cm³/mol. The Morgan fingerprint density at radius 3 is 2.40 bits per heavy atom. The van der Waals surface area contributed by atoms with Crippen LogP contribution >= 0.6 is 0 Å². The minimum atomic E-state index is -0.695. The van der Waals surface area contributed by atoms with Gasteiger partial charge in [-0.15, -0.1) is 0 Å². The second-order valence-electron chi connectivity index (χ2n) is 4.22. The molecule has 1 aromatic carbocycles. The first-order valence-corrected chi connectivity index (χ1v) is 5.65. The fraction of sp³-hybridized carbons (Fsp3) is 0.364. The number of hydrogen-bond acceptors (Lipinski definition) is 6. The molecule has 0 fully saturated rings. The highest BCUT2D eigenvalue weighted by Crippen LogP contribution is 2.24. The van der Waals surface area contributed by atoms with Crippen molar-refractivity contribution in [1.29, 1.82) is 0 Å². The summed E-state index contributed by atoms with van der Waals surface area (Å²) in [5.41, 5.74) is -0.402. The molecule has 0 spiro atoms. The van der Waals surface area contributed by atoms with E-state index in [0.29, 0.717) is 0 Å². The first-order chi connectivity index (χ1) is 9.32. The molecule has 0 saturated carbocycles. The van der Waals surface area contributed by atoms with Gasteiger partial charge < -0.3 is 10.2 Å². The number of nitrogens with one attached hydrogen (secondary N) is 1. The summed E-state index contributed by atoms with van der Waals surface area (Å²) in [6.45, 7) is 0.106. The molecule has 0 aromatic heterocycles. The Bertz CT molecular complexity index is 544. The van der Waals surface area contributed by atoms with Crippen LogP contribution < -0.4 is 5.32 Å². The average molecular weight is 282 g/mol. The number of nitro groups is 2. The van der Waals surface area contributed by atoms with Gasteiger partial charge in [0, 0.05) is 32.3 Å². The van der Waals surface area contributed by atoms with Crippen LogP contribution in [0.25, 0.3) is 0 Å². The van der Waals surface area contributed by atoms with E-state index in [1.54, 1.807) is 14.1 Å². The number of nitro benzene ring substituents is 2. The Morgan fingerprint density at radius 2 is 1.90 bits per heavy atom. The highest BCUT2D eigenvalue weighted by Gasteiger charge is 2.19. The summed E-state index contributed by atoms with van der Waals surface area (Å²) in [5.74, 6) is -0.172. The van der Waals surface area contributed by atoms with Crippen LogP contribution in [0.1, 0.15) is 5.56 Å². The lowest BCUT2D eigenvalue weighted by atomic mass is 10.1. The highest BCUT2D eigenvalue weighted by atomic mass is 16.6. The minimum Gasteiger partial charge on any atom is -0.348 e. The molecule has 9 nitrogen and oxygen atoms in total. The van der Waals surface area contributed by atoms with Crippen molar-refractivity contribution in [2.45, 2.75) is 6.54 Å². The molecule has 0 aliphatic rings. The quantitative estimate of drug-likeness (QED) is 0.605. The molecule has 0 aliphatic heterocycles. The monoisotopic (exact) mass is 282 g/mol. The second kappa shape index (κ2) is 6.57. The molecule has 0 radical (unpaired) electrons. The van der Waals surface area contributed by atoms with Gasteiger partial charge in [0.05, 0.1) is 22.5 Å². The van der Waals surface area contributed by atoms with Crippen molar-refractivity contribution in [2.75, 3.05) is 20.6 Å². The third kappa shape index (κ3) is 3.99. The van der Waals surface area contributed by atoms with Crippen LogP contribution in [-0.4, -0.2) is 41.3 Å². The van der Waals surface area contributed by atoms with Gasteiger partial charge in [-0.05, 0) is 6.07 Å². The van der Waals surface area contributed by atoms with Gasteiger partial charge in [0.1, 0.15) is 0 Å². The number of nitrogens with zero attached hydrogens (tertiary/aromatic N) is 3. The summed E-state index contributed by atoms with van der Waals surface area (Å²) in [4.78, 5) is 32.8. The number of amides is 1. The Balaban J connectivity index is 2.82. The molecule has 1 amide bonds. The molecular formula is C11H14N4O5. The van der Waals surface area contributed by atoms with E-state index in [-0.39, 0.29) is 35.9 Å². The van der Waals surface area contributed by atoms with Crippen LogP contribution in [-0.2, 0) is 11.3 Å². The third-order valence-electron chi connectivity index (χ3n) is 2.57. The smallest absolute Gasteiger partial charge is 0.280 e. The maximum absolute atomic E-state index is 11.3. The lowest BCUT2D eigenvalue weighted by Gasteiger charge is -2.10. The number of hydrogen-bond donors (Lipinski definition) is 1. The fourth-order valence-corrected chi connectivity index (χ4v) is 1.45. The van der Waals surface area contributed by atoms with E-state index in [1.807, 2.05) is 0 Å². The molecule has 0 atom stereocenters. The second-order valence-corrected chi connectivity index (χ2v) is 4.22. The molecule has 0 heterocycles.